The number of halogens is 1. The summed E-state index contributed by atoms with van der Waals surface area (Å²) in [5.74, 6) is 0.381. The van der Waals surface area contributed by atoms with E-state index in [4.69, 9.17) is 4.98 Å². The second kappa shape index (κ2) is 11.2. The van der Waals surface area contributed by atoms with Crippen molar-refractivity contribution in [2.24, 2.45) is 0 Å². The van der Waals surface area contributed by atoms with Crippen LogP contribution < -0.4 is 0 Å². The molecule has 9 rings (SSSR count). The molecular weight excluding hydrogens is 773 g/mol. The zero-order valence-corrected chi connectivity index (χ0v) is 27.4. The second-order valence-electron chi connectivity index (χ2n) is 11.0. The van der Waals surface area contributed by atoms with Crippen LogP contribution in [0.15, 0.2) is 125 Å². The van der Waals surface area contributed by atoms with Gasteiger partial charge in [0.1, 0.15) is 11.5 Å². The van der Waals surface area contributed by atoms with E-state index in [0.29, 0.717) is 22.2 Å². The molecule has 0 aliphatic carbocycles. The molecular formula is C38H22FN5PtS. The second-order valence-corrected chi connectivity index (χ2v) is 12.1. The van der Waals surface area contributed by atoms with Crippen LogP contribution in [0.25, 0.3) is 66.3 Å². The minimum Gasteiger partial charge on any atom is -0.318 e. The molecule has 4 heterocycles. The molecule has 9 aromatic rings. The number of pyridine rings is 2. The summed E-state index contributed by atoms with van der Waals surface area (Å²) in [5.41, 5.74) is 6.25. The standard InChI is InChI=1S/C38H22FN5S.Pt/c1-23-9-2-3-12-27(23)37-41-42-38-31-22-26(18-19-29(31)35-32(39)15-7-17-34(35)44(37)38)45-25-11-6-10-24(21-25)43-33-16-5-4-13-28(33)30-14-8-20-40-36(30)43;/h2-20H,1H3;/q-2;+2. The molecule has 46 heavy (non-hydrogen) atoms. The van der Waals surface area contributed by atoms with Crippen LogP contribution in [-0.2, 0) is 21.1 Å². The topological polar surface area (TPSA) is 48.0 Å². The van der Waals surface area contributed by atoms with Crippen LogP contribution in [0, 0.1) is 24.9 Å². The maximum Gasteiger partial charge on any atom is 2.00 e. The minimum absolute atomic E-state index is 0. The first-order valence-corrected chi connectivity index (χ1v) is 15.4. The average molecular weight is 795 g/mol. The zero-order chi connectivity index (χ0) is 30.1. The van der Waals surface area contributed by atoms with Gasteiger partial charge in [0, 0.05) is 28.0 Å². The van der Waals surface area contributed by atoms with Gasteiger partial charge in [0.25, 0.3) is 0 Å². The Kier molecular flexibility index (Phi) is 6.97. The van der Waals surface area contributed by atoms with Gasteiger partial charge in [-0.15, -0.1) is 52.1 Å². The van der Waals surface area contributed by atoms with Crippen LogP contribution >= 0.6 is 11.8 Å². The molecule has 0 saturated carbocycles. The van der Waals surface area contributed by atoms with E-state index in [1.165, 1.54) is 6.07 Å². The molecule has 0 bridgehead atoms. The van der Waals surface area contributed by atoms with E-state index in [0.717, 1.165) is 59.4 Å². The number of hydrogen-bond acceptors (Lipinski definition) is 4. The summed E-state index contributed by atoms with van der Waals surface area (Å²) < 4.78 is 19.6. The van der Waals surface area contributed by atoms with E-state index in [-0.39, 0.29) is 26.9 Å². The van der Waals surface area contributed by atoms with Crippen LogP contribution in [0.4, 0.5) is 4.39 Å². The van der Waals surface area contributed by atoms with Crippen molar-refractivity contribution in [2.45, 2.75) is 16.7 Å². The third-order valence-electron chi connectivity index (χ3n) is 8.34. The first-order chi connectivity index (χ1) is 22.2. The van der Waals surface area contributed by atoms with Crippen molar-refractivity contribution in [3.05, 3.63) is 139 Å². The molecule has 0 radical (unpaired) electrons. The summed E-state index contributed by atoms with van der Waals surface area (Å²) in [4.78, 5) is 6.51. The Balaban J connectivity index is 0.00000312. The Labute approximate surface area is 282 Å². The van der Waals surface area contributed by atoms with Gasteiger partial charge in [-0.05, 0) is 48.2 Å². The number of nitrogens with zero attached hydrogens (tertiary/aromatic N) is 5. The first-order valence-electron chi connectivity index (χ1n) is 14.6. The van der Waals surface area contributed by atoms with Crippen LogP contribution in [0.3, 0.4) is 0 Å². The minimum atomic E-state index is -0.293. The fourth-order valence-corrected chi connectivity index (χ4v) is 7.17. The molecule has 0 unspecified atom stereocenters. The molecule has 5 aromatic carbocycles. The van der Waals surface area contributed by atoms with E-state index in [9.17, 15) is 0 Å². The number of aryl methyl sites for hydroxylation is 1. The van der Waals surface area contributed by atoms with Gasteiger partial charge in [-0.1, -0.05) is 69.9 Å². The Bertz CT molecular complexity index is 2570. The van der Waals surface area contributed by atoms with Gasteiger partial charge in [-0.3, -0.25) is 0 Å². The molecule has 0 spiro atoms. The van der Waals surface area contributed by atoms with Crippen molar-refractivity contribution in [1.82, 2.24) is 24.1 Å². The molecule has 4 aromatic heterocycles. The monoisotopic (exact) mass is 794 g/mol. The largest absolute Gasteiger partial charge is 2.00 e. The predicted octanol–water partition coefficient (Wildman–Crippen LogP) is 9.39. The van der Waals surface area contributed by atoms with Gasteiger partial charge >= 0.3 is 21.1 Å². The maximum absolute atomic E-state index is 15.5. The van der Waals surface area contributed by atoms with Crippen molar-refractivity contribution in [2.75, 3.05) is 0 Å². The van der Waals surface area contributed by atoms with Crippen molar-refractivity contribution >= 4 is 61.0 Å². The summed E-state index contributed by atoms with van der Waals surface area (Å²) in [6.45, 7) is 2.04. The van der Waals surface area contributed by atoms with E-state index in [1.54, 1.807) is 17.8 Å². The number of benzene rings is 5. The average Bonchev–Trinajstić information content (AvgIpc) is 3.66. The van der Waals surface area contributed by atoms with Crippen molar-refractivity contribution in [1.29, 1.82) is 0 Å². The van der Waals surface area contributed by atoms with Crippen molar-refractivity contribution in [3.63, 3.8) is 0 Å². The van der Waals surface area contributed by atoms with E-state index >= 15 is 4.39 Å². The summed E-state index contributed by atoms with van der Waals surface area (Å²) in [6, 6.07) is 42.8. The van der Waals surface area contributed by atoms with Crippen LogP contribution in [0.2, 0.25) is 0 Å². The van der Waals surface area contributed by atoms with E-state index in [2.05, 4.69) is 57.2 Å². The Morgan fingerprint density at radius 1 is 0.674 bits per heavy atom. The Morgan fingerprint density at radius 2 is 1.46 bits per heavy atom. The number of aromatic nitrogens is 5. The van der Waals surface area contributed by atoms with Gasteiger partial charge < -0.3 is 8.97 Å². The van der Waals surface area contributed by atoms with E-state index in [1.807, 2.05) is 84.3 Å². The van der Waals surface area contributed by atoms with Gasteiger partial charge in [0.05, 0.1) is 11.2 Å². The molecule has 0 saturated heterocycles. The fourth-order valence-electron chi connectivity index (χ4n) is 6.34. The SMILES string of the molecule is Cc1ccccc1-c1nnc2c3[c-]c(Sc4[c-]c(-n5c6ccccc6c6cccnc65)ccc4)ccc3c3c(F)cccc3n12.[Pt+2]. The molecule has 0 N–H and O–H groups in total. The van der Waals surface area contributed by atoms with Gasteiger partial charge in [-0.2, -0.15) is 17.2 Å². The molecule has 8 heteroatoms. The van der Waals surface area contributed by atoms with Gasteiger partial charge in [-0.25, -0.2) is 9.37 Å². The summed E-state index contributed by atoms with van der Waals surface area (Å²) in [5, 5.41) is 13.5. The normalized spacial score (nSPS) is 11.6. The quantitative estimate of drug-likeness (QED) is 0.132. The predicted molar refractivity (Wildman–Crippen MR) is 179 cm³/mol. The maximum atomic E-state index is 15.5. The molecule has 222 valence electrons. The van der Waals surface area contributed by atoms with Crippen molar-refractivity contribution in [3.8, 4) is 17.1 Å². The molecule has 0 amide bonds. The van der Waals surface area contributed by atoms with Crippen LogP contribution in [0.5, 0.6) is 0 Å². The fraction of sp³-hybridized carbons (Fsp3) is 0.0263. The molecule has 5 nitrogen and oxygen atoms in total. The smallest absolute Gasteiger partial charge is 0.318 e. The zero-order valence-electron chi connectivity index (χ0n) is 24.3. The number of rotatable bonds is 4. The third kappa shape index (κ3) is 4.38. The molecule has 0 aliphatic rings. The van der Waals surface area contributed by atoms with Crippen molar-refractivity contribution < 1.29 is 25.5 Å². The number of fused-ring (bicyclic) bond motifs is 9. The molecule has 0 aliphatic heterocycles. The third-order valence-corrected chi connectivity index (χ3v) is 9.26. The molecule has 0 fully saturated rings. The molecule has 0 atom stereocenters. The number of para-hydroxylation sites is 1. The van der Waals surface area contributed by atoms with E-state index < -0.39 is 0 Å². The summed E-state index contributed by atoms with van der Waals surface area (Å²) in [6.07, 6.45) is 1.82. The Hall–Kier alpha value is -4.84. The number of hydrogen-bond donors (Lipinski definition) is 0. The first kappa shape index (κ1) is 28.6. The van der Waals surface area contributed by atoms with Gasteiger partial charge in [0.15, 0.2) is 5.82 Å². The summed E-state index contributed by atoms with van der Waals surface area (Å²) in [7, 11) is 0. The Morgan fingerprint density at radius 3 is 2.37 bits per heavy atom. The summed E-state index contributed by atoms with van der Waals surface area (Å²) >= 11 is 1.55. The van der Waals surface area contributed by atoms with Crippen LogP contribution in [-0.4, -0.2) is 24.1 Å². The van der Waals surface area contributed by atoms with Crippen LogP contribution in [0.1, 0.15) is 5.56 Å². The van der Waals surface area contributed by atoms with Gasteiger partial charge in [0.2, 0.25) is 0 Å².